The van der Waals surface area contributed by atoms with Crippen LogP contribution in [0, 0.1) is 5.92 Å². The molecule has 7 nitrogen and oxygen atoms in total. The van der Waals surface area contributed by atoms with Crippen LogP contribution in [0.15, 0.2) is 41.0 Å². The van der Waals surface area contributed by atoms with Crippen molar-refractivity contribution in [3.8, 4) is 17.2 Å². The molecule has 1 saturated heterocycles. The summed E-state index contributed by atoms with van der Waals surface area (Å²) >= 11 is 0. The Balaban J connectivity index is 1.86. The Kier molecular flexibility index (Phi) is 5.20. The van der Waals surface area contributed by atoms with Gasteiger partial charge in [-0.3, -0.25) is 9.59 Å². The number of fused-ring (bicyclic) bond motifs is 1. The average Bonchev–Trinajstić information content (AvgIpc) is 2.94. The number of aromatic hydroxyl groups is 2. The molecule has 1 aromatic rings. The summed E-state index contributed by atoms with van der Waals surface area (Å²) in [4.78, 5) is 28.5. The van der Waals surface area contributed by atoms with Gasteiger partial charge in [0.1, 0.15) is 28.4 Å². The molecule has 1 spiro atoms. The smallest absolute Gasteiger partial charge is 0.205 e. The van der Waals surface area contributed by atoms with E-state index >= 15 is 0 Å². The number of phenols is 2. The monoisotopic (exact) mass is 494 g/mol. The summed E-state index contributed by atoms with van der Waals surface area (Å²) in [5.74, 6) is -1.53. The van der Waals surface area contributed by atoms with Crippen molar-refractivity contribution in [1.29, 1.82) is 0 Å². The molecular weight excluding hydrogens is 460 g/mol. The molecule has 1 saturated carbocycles. The molecule has 0 amide bonds. The number of ether oxygens (including phenoxy) is 3. The zero-order valence-corrected chi connectivity index (χ0v) is 21.9. The Morgan fingerprint density at radius 2 is 1.78 bits per heavy atom. The summed E-state index contributed by atoms with van der Waals surface area (Å²) in [6.45, 7) is 11.6. The maximum absolute atomic E-state index is 14.3. The molecule has 0 aromatic heterocycles. The second-order valence-electron chi connectivity index (χ2n) is 11.5. The van der Waals surface area contributed by atoms with E-state index in [4.69, 9.17) is 14.2 Å². The molecule has 6 rings (SSSR count). The third-order valence-corrected chi connectivity index (χ3v) is 8.35. The van der Waals surface area contributed by atoms with E-state index in [0.717, 1.165) is 11.1 Å². The van der Waals surface area contributed by atoms with Crippen molar-refractivity contribution in [2.75, 3.05) is 7.11 Å². The van der Waals surface area contributed by atoms with Crippen molar-refractivity contribution in [3.05, 3.63) is 52.1 Å². The number of carbonyl (C=O) groups is 2. The summed E-state index contributed by atoms with van der Waals surface area (Å²) in [5.41, 5.74) is -2.42. The van der Waals surface area contributed by atoms with Crippen LogP contribution in [-0.2, 0) is 20.7 Å². The lowest BCUT2D eigenvalue weighted by atomic mass is 9.49. The molecule has 4 atom stereocenters. The Morgan fingerprint density at radius 3 is 2.39 bits per heavy atom. The van der Waals surface area contributed by atoms with E-state index in [-0.39, 0.29) is 40.6 Å². The minimum Gasteiger partial charge on any atom is -0.507 e. The minimum atomic E-state index is -1.51. The fourth-order valence-electron chi connectivity index (χ4n) is 6.69. The van der Waals surface area contributed by atoms with Gasteiger partial charge in [-0.05, 0) is 60.5 Å². The van der Waals surface area contributed by atoms with Gasteiger partial charge < -0.3 is 24.4 Å². The van der Waals surface area contributed by atoms with Crippen molar-refractivity contribution in [1.82, 2.24) is 0 Å². The van der Waals surface area contributed by atoms with Crippen molar-refractivity contribution in [2.24, 2.45) is 5.92 Å². The normalized spacial score (nSPS) is 32.9. The van der Waals surface area contributed by atoms with Gasteiger partial charge in [-0.25, -0.2) is 0 Å². The summed E-state index contributed by atoms with van der Waals surface area (Å²) in [5, 5.41) is 21.6. The summed E-state index contributed by atoms with van der Waals surface area (Å²) in [6.07, 6.45) is 6.23. The first-order valence-electron chi connectivity index (χ1n) is 12.4. The number of phenolic OH excluding ortho intramolecular Hbond substituents is 2. The molecule has 36 heavy (non-hydrogen) atoms. The van der Waals surface area contributed by atoms with Gasteiger partial charge in [-0.15, -0.1) is 0 Å². The van der Waals surface area contributed by atoms with Crippen LogP contribution in [0.5, 0.6) is 17.2 Å². The number of Topliss-reactive ketones (excluding diaryl/α,β-unsaturated/α-hetero) is 2. The number of methoxy groups -OCH3 is 1. The molecule has 3 aliphatic carbocycles. The molecule has 5 aliphatic rings. The molecule has 2 aliphatic heterocycles. The highest BCUT2D eigenvalue weighted by molar-refractivity contribution is 6.19. The van der Waals surface area contributed by atoms with Crippen LogP contribution in [0.2, 0.25) is 0 Å². The van der Waals surface area contributed by atoms with Crippen molar-refractivity contribution < 1.29 is 34.0 Å². The lowest BCUT2D eigenvalue weighted by molar-refractivity contribution is -0.189. The Bertz CT molecular complexity index is 1290. The zero-order chi connectivity index (χ0) is 26.4. The Labute approximate surface area is 211 Å². The first-order chi connectivity index (χ1) is 16.8. The highest BCUT2D eigenvalue weighted by Crippen LogP contribution is 2.69. The predicted octanol–water partition coefficient (Wildman–Crippen LogP) is 4.74. The third kappa shape index (κ3) is 2.87. The molecule has 2 heterocycles. The van der Waals surface area contributed by atoms with E-state index in [1.807, 2.05) is 53.7 Å². The van der Waals surface area contributed by atoms with Gasteiger partial charge in [-0.2, -0.15) is 0 Å². The topological polar surface area (TPSA) is 102 Å². The molecular formula is C29H34O7. The maximum Gasteiger partial charge on any atom is 0.205 e. The average molecular weight is 495 g/mol. The van der Waals surface area contributed by atoms with Gasteiger partial charge in [0.25, 0.3) is 0 Å². The first-order valence-corrected chi connectivity index (χ1v) is 12.4. The third-order valence-electron chi connectivity index (χ3n) is 8.35. The number of hydrogen-bond donors (Lipinski definition) is 2. The molecule has 0 radical (unpaired) electrons. The van der Waals surface area contributed by atoms with E-state index in [9.17, 15) is 19.8 Å². The minimum absolute atomic E-state index is 0.0114. The van der Waals surface area contributed by atoms with E-state index in [1.54, 1.807) is 6.08 Å². The fraction of sp³-hybridized carbons (Fsp3) is 0.517. The molecule has 2 fully saturated rings. The fourth-order valence-corrected chi connectivity index (χ4v) is 6.69. The second kappa shape index (κ2) is 7.56. The van der Waals surface area contributed by atoms with Crippen LogP contribution < -0.4 is 4.74 Å². The zero-order valence-electron chi connectivity index (χ0n) is 21.9. The van der Waals surface area contributed by atoms with Gasteiger partial charge in [0.15, 0.2) is 17.0 Å². The van der Waals surface area contributed by atoms with Crippen LogP contribution in [-0.4, -0.2) is 51.3 Å². The first kappa shape index (κ1) is 24.8. The van der Waals surface area contributed by atoms with Crippen LogP contribution in [0.3, 0.4) is 0 Å². The van der Waals surface area contributed by atoms with Gasteiger partial charge in [-0.1, -0.05) is 23.3 Å². The largest absolute Gasteiger partial charge is 0.507 e. The van der Waals surface area contributed by atoms with E-state index < -0.39 is 34.1 Å². The second-order valence-corrected chi connectivity index (χ2v) is 11.5. The molecule has 7 heteroatoms. The van der Waals surface area contributed by atoms with Crippen LogP contribution in [0.4, 0.5) is 0 Å². The molecule has 0 unspecified atom stereocenters. The molecule has 1 aromatic carbocycles. The highest BCUT2D eigenvalue weighted by Gasteiger charge is 2.84. The molecule has 192 valence electrons. The number of allylic oxidation sites excluding steroid dienone is 3. The SMILES string of the molecule is CO[C@]12C=C3C(=O)c4c(O)cc(O)c(CC=C(C)C)c4O[C@]34[C@H](C1)C(C)(C)O[C@]4(CC=C(C)C)C2=O. The number of carbonyl (C=O) groups excluding carboxylic acids is 2. The number of hydrogen-bond acceptors (Lipinski definition) is 7. The van der Waals surface area contributed by atoms with Gasteiger partial charge >= 0.3 is 0 Å². The van der Waals surface area contributed by atoms with E-state index in [0.29, 0.717) is 18.4 Å². The highest BCUT2D eigenvalue weighted by atomic mass is 16.6. The van der Waals surface area contributed by atoms with Gasteiger partial charge in [0.2, 0.25) is 5.78 Å². The van der Waals surface area contributed by atoms with Crippen LogP contribution in [0.1, 0.15) is 70.3 Å². The van der Waals surface area contributed by atoms with Crippen molar-refractivity contribution in [2.45, 2.75) is 83.2 Å². The predicted molar refractivity (Wildman–Crippen MR) is 133 cm³/mol. The summed E-state index contributed by atoms with van der Waals surface area (Å²) in [6, 6.07) is 1.18. The van der Waals surface area contributed by atoms with E-state index in [2.05, 4.69) is 0 Å². The van der Waals surface area contributed by atoms with Crippen LogP contribution in [0.25, 0.3) is 0 Å². The van der Waals surface area contributed by atoms with Gasteiger partial charge in [0, 0.05) is 36.7 Å². The maximum atomic E-state index is 14.3. The molecule has 2 N–H and O–H groups in total. The number of rotatable bonds is 5. The lowest BCUT2D eigenvalue weighted by Crippen LogP contribution is -2.77. The standard InChI is InChI=1S/C29H34O7/c1-15(2)8-9-17-19(30)12-20(31)22-23(32)18-13-27(34-7)14-21-26(5,6)36-28(25(27)33,11-10-16(3)4)29(18,21)35-24(17)22/h8,10,12-13,21,30-31H,9,11,14H2,1-7H3/t21-,27-,28-,29+/m1/s1. The van der Waals surface area contributed by atoms with Crippen molar-refractivity contribution >= 4 is 11.6 Å². The van der Waals surface area contributed by atoms with Crippen LogP contribution >= 0.6 is 0 Å². The Morgan fingerprint density at radius 1 is 1.11 bits per heavy atom. The lowest BCUT2D eigenvalue weighted by Gasteiger charge is -2.59. The van der Waals surface area contributed by atoms with Crippen molar-refractivity contribution in [3.63, 3.8) is 0 Å². The summed E-state index contributed by atoms with van der Waals surface area (Å²) in [7, 11) is 1.48. The van der Waals surface area contributed by atoms with Gasteiger partial charge in [0.05, 0.1) is 5.60 Å². The summed E-state index contributed by atoms with van der Waals surface area (Å²) < 4.78 is 19.4. The molecule has 4 bridgehead atoms. The number of ketones is 2. The quantitative estimate of drug-likeness (QED) is 0.570. The van der Waals surface area contributed by atoms with E-state index in [1.165, 1.54) is 13.2 Å². The number of benzene rings is 1. The Hall–Kier alpha value is -2.90.